The largest absolute Gasteiger partial charge is 0.416 e. The number of fused-ring (bicyclic) bond motifs is 1. The van der Waals surface area contributed by atoms with Crippen LogP contribution in [0.4, 0.5) is 24.5 Å². The highest BCUT2D eigenvalue weighted by Crippen LogP contribution is 2.38. The Bertz CT molecular complexity index is 1010. The van der Waals surface area contributed by atoms with Gasteiger partial charge in [0.25, 0.3) is 0 Å². The Morgan fingerprint density at radius 1 is 1.13 bits per heavy atom. The predicted molar refractivity (Wildman–Crippen MR) is 115 cm³/mol. The third-order valence-electron chi connectivity index (χ3n) is 5.29. The molecule has 2 amide bonds. The summed E-state index contributed by atoms with van der Waals surface area (Å²) in [6.45, 7) is 1.64. The second-order valence-corrected chi connectivity index (χ2v) is 9.04. The van der Waals surface area contributed by atoms with Crippen molar-refractivity contribution >= 4 is 46.6 Å². The number of carbonyl (C=O) groups is 2. The number of amides is 2. The van der Waals surface area contributed by atoms with Gasteiger partial charge in [-0.1, -0.05) is 17.7 Å². The van der Waals surface area contributed by atoms with E-state index < -0.39 is 17.0 Å². The van der Waals surface area contributed by atoms with E-state index in [1.54, 1.807) is 23.1 Å². The molecule has 2 aromatic carbocycles. The molecule has 2 heterocycles. The third kappa shape index (κ3) is 4.93. The maximum atomic E-state index is 13.0. The Hall–Kier alpha value is -2.39. The number of nitrogens with one attached hydrogen (secondary N) is 1. The molecular formula is C21H19ClF3N3O2S. The van der Waals surface area contributed by atoms with Gasteiger partial charge < -0.3 is 15.1 Å². The lowest BCUT2D eigenvalue weighted by Gasteiger charge is -2.37. The summed E-state index contributed by atoms with van der Waals surface area (Å²) in [5, 5.41) is 2.77. The molecule has 1 atom stereocenters. The lowest BCUT2D eigenvalue weighted by molar-refractivity contribution is -0.137. The summed E-state index contributed by atoms with van der Waals surface area (Å²) in [4.78, 5) is 29.5. The van der Waals surface area contributed by atoms with Crippen molar-refractivity contribution in [2.75, 3.05) is 36.4 Å². The molecule has 1 unspecified atom stereocenters. The van der Waals surface area contributed by atoms with Gasteiger partial charge in [-0.15, -0.1) is 11.8 Å². The van der Waals surface area contributed by atoms with Crippen molar-refractivity contribution in [3.63, 3.8) is 0 Å². The Kier molecular flexibility index (Phi) is 6.07. The fourth-order valence-electron chi connectivity index (χ4n) is 3.64. The van der Waals surface area contributed by atoms with Gasteiger partial charge in [-0.3, -0.25) is 9.59 Å². The van der Waals surface area contributed by atoms with Crippen molar-refractivity contribution in [1.29, 1.82) is 0 Å². The number of nitrogens with zero attached hydrogens (tertiary/aromatic N) is 2. The molecule has 10 heteroatoms. The summed E-state index contributed by atoms with van der Waals surface area (Å²) in [5.74, 6) is -0.385. The van der Waals surface area contributed by atoms with Gasteiger partial charge in [0.05, 0.1) is 16.5 Å². The van der Waals surface area contributed by atoms with E-state index in [2.05, 4.69) is 5.32 Å². The first kappa shape index (κ1) is 21.8. The molecule has 0 aromatic heterocycles. The topological polar surface area (TPSA) is 52.7 Å². The second kappa shape index (κ2) is 8.63. The summed E-state index contributed by atoms with van der Waals surface area (Å²) in [6.07, 6.45) is -4.34. The monoisotopic (exact) mass is 469 g/mol. The smallest absolute Gasteiger partial charge is 0.368 e. The Morgan fingerprint density at radius 2 is 1.87 bits per heavy atom. The zero-order valence-corrected chi connectivity index (χ0v) is 17.9. The molecule has 2 aliphatic rings. The number of halogens is 4. The number of hydrogen-bond donors (Lipinski definition) is 1. The molecule has 0 radical (unpaired) electrons. The van der Waals surface area contributed by atoms with Crippen molar-refractivity contribution in [3.8, 4) is 0 Å². The minimum absolute atomic E-state index is 0.0577. The highest BCUT2D eigenvalue weighted by molar-refractivity contribution is 8.01. The van der Waals surface area contributed by atoms with Crippen molar-refractivity contribution in [1.82, 2.24) is 4.90 Å². The highest BCUT2D eigenvalue weighted by atomic mass is 35.5. The van der Waals surface area contributed by atoms with Crippen molar-refractivity contribution in [2.45, 2.75) is 22.7 Å². The Morgan fingerprint density at radius 3 is 2.58 bits per heavy atom. The van der Waals surface area contributed by atoms with Gasteiger partial charge in [0, 0.05) is 48.2 Å². The zero-order chi connectivity index (χ0) is 22.2. The first-order valence-electron chi connectivity index (χ1n) is 9.68. The molecule has 1 saturated heterocycles. The van der Waals surface area contributed by atoms with E-state index in [-0.39, 0.29) is 18.2 Å². The van der Waals surface area contributed by atoms with Gasteiger partial charge in [-0.05, 0) is 36.4 Å². The first-order valence-corrected chi connectivity index (χ1v) is 10.9. The molecule has 2 aliphatic heterocycles. The van der Waals surface area contributed by atoms with Crippen molar-refractivity contribution < 1.29 is 22.8 Å². The van der Waals surface area contributed by atoms with Crippen LogP contribution >= 0.6 is 23.4 Å². The summed E-state index contributed by atoms with van der Waals surface area (Å²) in [7, 11) is 0. The van der Waals surface area contributed by atoms with Gasteiger partial charge in [-0.2, -0.15) is 13.2 Å². The van der Waals surface area contributed by atoms with E-state index in [1.165, 1.54) is 17.8 Å². The van der Waals surface area contributed by atoms with Crippen LogP contribution in [0, 0.1) is 0 Å². The fraction of sp³-hybridized carbons (Fsp3) is 0.333. The summed E-state index contributed by atoms with van der Waals surface area (Å²) in [6, 6.07) is 10.4. The SMILES string of the molecule is O=C1Nc2cc(Cl)ccc2SC1CC(=O)N1CCN(c2cccc(C(F)(F)F)c2)CC1. The van der Waals surface area contributed by atoms with Gasteiger partial charge in [0.2, 0.25) is 11.8 Å². The van der Waals surface area contributed by atoms with E-state index in [4.69, 9.17) is 11.6 Å². The fourth-order valence-corrected chi connectivity index (χ4v) is 4.89. The molecule has 5 nitrogen and oxygen atoms in total. The van der Waals surface area contributed by atoms with E-state index in [0.29, 0.717) is 42.6 Å². The number of alkyl halides is 3. The minimum atomic E-state index is -4.39. The van der Waals surface area contributed by atoms with Crippen LogP contribution in [0.1, 0.15) is 12.0 Å². The summed E-state index contributed by atoms with van der Waals surface area (Å²) in [5.41, 5.74) is 0.436. The minimum Gasteiger partial charge on any atom is -0.368 e. The molecule has 1 N–H and O–H groups in total. The molecule has 2 aromatic rings. The number of hydrogen-bond acceptors (Lipinski definition) is 4. The van der Waals surface area contributed by atoms with E-state index in [0.717, 1.165) is 17.0 Å². The lowest BCUT2D eigenvalue weighted by Crippen LogP contribution is -2.49. The van der Waals surface area contributed by atoms with Crippen molar-refractivity contribution in [2.24, 2.45) is 0 Å². The number of piperazine rings is 1. The van der Waals surface area contributed by atoms with Crippen LogP contribution in [0.15, 0.2) is 47.4 Å². The van der Waals surface area contributed by atoms with Gasteiger partial charge >= 0.3 is 6.18 Å². The summed E-state index contributed by atoms with van der Waals surface area (Å²) < 4.78 is 38.9. The average Bonchev–Trinajstić information content (AvgIpc) is 2.74. The van der Waals surface area contributed by atoms with Crippen LogP contribution in [0.5, 0.6) is 0 Å². The van der Waals surface area contributed by atoms with E-state index in [1.807, 2.05) is 11.0 Å². The highest BCUT2D eigenvalue weighted by Gasteiger charge is 2.33. The second-order valence-electron chi connectivity index (χ2n) is 7.36. The molecule has 0 saturated carbocycles. The maximum absolute atomic E-state index is 13.0. The molecule has 0 spiro atoms. The van der Waals surface area contributed by atoms with Crippen LogP contribution < -0.4 is 10.2 Å². The zero-order valence-electron chi connectivity index (χ0n) is 16.3. The van der Waals surface area contributed by atoms with Crippen molar-refractivity contribution in [3.05, 3.63) is 53.1 Å². The molecular weight excluding hydrogens is 451 g/mol. The first-order chi connectivity index (χ1) is 14.7. The van der Waals surface area contributed by atoms with Crippen LogP contribution in [0.3, 0.4) is 0 Å². The summed E-state index contributed by atoms with van der Waals surface area (Å²) >= 11 is 7.28. The number of anilines is 2. The number of benzene rings is 2. The normalized spacial score (nSPS) is 19.1. The molecule has 4 rings (SSSR count). The van der Waals surface area contributed by atoms with E-state index in [9.17, 15) is 22.8 Å². The molecule has 1 fully saturated rings. The van der Waals surface area contributed by atoms with E-state index >= 15 is 0 Å². The Balaban J connectivity index is 1.35. The average molecular weight is 470 g/mol. The van der Waals surface area contributed by atoms with Gasteiger partial charge in [0.1, 0.15) is 0 Å². The van der Waals surface area contributed by atoms with Crippen LogP contribution in [0.25, 0.3) is 0 Å². The molecule has 31 heavy (non-hydrogen) atoms. The van der Waals surface area contributed by atoms with Gasteiger partial charge in [0.15, 0.2) is 0 Å². The van der Waals surface area contributed by atoms with Crippen LogP contribution in [-0.2, 0) is 15.8 Å². The number of rotatable bonds is 3. The third-order valence-corrected chi connectivity index (χ3v) is 6.80. The molecule has 164 valence electrons. The molecule has 0 aliphatic carbocycles. The van der Waals surface area contributed by atoms with Crippen LogP contribution in [0.2, 0.25) is 5.02 Å². The van der Waals surface area contributed by atoms with Crippen LogP contribution in [-0.4, -0.2) is 48.1 Å². The lowest BCUT2D eigenvalue weighted by atomic mass is 10.1. The number of thioether (sulfide) groups is 1. The van der Waals surface area contributed by atoms with Gasteiger partial charge in [-0.25, -0.2) is 0 Å². The Labute approximate surface area is 186 Å². The molecule has 0 bridgehead atoms. The standard InChI is InChI=1S/C21H19ClF3N3O2S/c22-14-4-5-17-16(11-14)26-20(30)18(31-17)12-19(29)28-8-6-27(7-9-28)15-3-1-2-13(10-15)21(23,24)25/h1-5,10-11,18H,6-9,12H2,(H,26,30). The quantitative estimate of drug-likeness (QED) is 0.718. The number of carbonyl (C=O) groups excluding carboxylic acids is 2. The predicted octanol–water partition coefficient (Wildman–Crippen LogP) is 4.51. The maximum Gasteiger partial charge on any atom is 0.416 e.